The lowest BCUT2D eigenvalue weighted by Gasteiger charge is -2.12. The van der Waals surface area contributed by atoms with Crippen molar-refractivity contribution in [2.75, 3.05) is 0 Å². The maximum Gasteiger partial charge on any atom is 0.114 e. The van der Waals surface area contributed by atoms with Gasteiger partial charge >= 0.3 is 0 Å². The van der Waals surface area contributed by atoms with Crippen LogP contribution in [-0.2, 0) is 6.42 Å². The maximum absolute atomic E-state index is 5.27. The second-order valence-corrected chi connectivity index (χ2v) is 13.9. The Kier molecular flexibility index (Phi) is 6.49. The van der Waals surface area contributed by atoms with Gasteiger partial charge in [0.05, 0.1) is 33.5 Å². The number of para-hydroxylation sites is 2. The fraction of sp³-hybridized carbons (Fsp3) is 0.0408. The van der Waals surface area contributed by atoms with Crippen molar-refractivity contribution in [1.29, 1.82) is 0 Å². The average Bonchev–Trinajstić information content (AvgIpc) is 3.77. The van der Waals surface area contributed by atoms with Crippen molar-refractivity contribution in [3.8, 4) is 61.6 Å². The van der Waals surface area contributed by atoms with Gasteiger partial charge in [-0.05, 0) is 80.6 Å². The molecule has 0 fully saturated rings. The fourth-order valence-electron chi connectivity index (χ4n) is 8.38. The van der Waals surface area contributed by atoms with Crippen LogP contribution in [0.4, 0.5) is 0 Å². The Morgan fingerprint density at radius 1 is 0.453 bits per heavy atom. The summed E-state index contributed by atoms with van der Waals surface area (Å²) in [4.78, 5) is 15.4. The average molecular weight is 677 g/mol. The predicted octanol–water partition coefficient (Wildman–Crippen LogP) is 12.5. The number of aromatic nitrogens is 4. The maximum atomic E-state index is 5.27. The van der Waals surface area contributed by atoms with Crippen LogP contribution in [0.1, 0.15) is 12.7 Å². The molecule has 0 unspecified atom stereocenters. The van der Waals surface area contributed by atoms with E-state index in [0.29, 0.717) is 0 Å². The van der Waals surface area contributed by atoms with Gasteiger partial charge in [0.2, 0.25) is 0 Å². The number of aryl methyl sites for hydroxylation is 1. The molecular weight excluding hydrogens is 645 g/mol. The summed E-state index contributed by atoms with van der Waals surface area (Å²) >= 11 is 0. The van der Waals surface area contributed by atoms with Gasteiger partial charge in [-0.25, -0.2) is 15.0 Å². The highest BCUT2D eigenvalue weighted by Crippen LogP contribution is 2.49. The van der Waals surface area contributed by atoms with Gasteiger partial charge in [-0.15, -0.1) is 0 Å². The van der Waals surface area contributed by atoms with Crippen molar-refractivity contribution in [3.63, 3.8) is 0 Å². The zero-order chi connectivity index (χ0) is 35.0. The molecule has 0 spiro atoms. The third-order valence-electron chi connectivity index (χ3n) is 10.9. The molecule has 248 valence electrons. The van der Waals surface area contributed by atoms with Gasteiger partial charge in [-0.2, -0.15) is 0 Å². The van der Waals surface area contributed by atoms with E-state index in [1.54, 1.807) is 0 Å². The Morgan fingerprint density at radius 2 is 1.06 bits per heavy atom. The van der Waals surface area contributed by atoms with E-state index in [4.69, 9.17) is 15.0 Å². The molecule has 1 aliphatic carbocycles. The van der Waals surface area contributed by atoms with E-state index in [0.717, 1.165) is 73.3 Å². The standard InChI is InChI=1S/C49H32N4/c1-2-46-50-44-15-5-6-16-45(44)53(46)35-10-7-9-34(29-35)43-28-24-33-22-21-32-23-27-42(51-48(32)49(33)52-43)31-19-17-30(18-20-31)36-25-26-41-38-12-4-3-11-37(38)40-14-8-13-39(36)47(40)41/h3-29H,2H2,1H3. The van der Waals surface area contributed by atoms with E-state index in [1.807, 2.05) is 6.07 Å². The summed E-state index contributed by atoms with van der Waals surface area (Å²) in [5, 5.41) is 4.77. The predicted molar refractivity (Wildman–Crippen MR) is 219 cm³/mol. The van der Waals surface area contributed by atoms with Crippen LogP contribution >= 0.6 is 0 Å². The van der Waals surface area contributed by atoms with Crippen LogP contribution < -0.4 is 0 Å². The lowest BCUT2D eigenvalue weighted by molar-refractivity contribution is 0.908. The Bertz CT molecular complexity index is 3070. The minimum absolute atomic E-state index is 0.843. The topological polar surface area (TPSA) is 43.6 Å². The molecule has 0 saturated heterocycles. The van der Waals surface area contributed by atoms with E-state index in [2.05, 4.69) is 169 Å². The zero-order valence-corrected chi connectivity index (χ0v) is 29.1. The molecule has 10 aromatic rings. The Labute approximate surface area is 306 Å². The highest BCUT2D eigenvalue weighted by atomic mass is 15.1. The highest BCUT2D eigenvalue weighted by Gasteiger charge is 2.22. The zero-order valence-electron chi connectivity index (χ0n) is 29.1. The normalized spacial score (nSPS) is 11.9. The van der Waals surface area contributed by atoms with Crippen LogP contribution in [0.15, 0.2) is 164 Å². The molecule has 11 rings (SSSR count). The largest absolute Gasteiger partial charge is 0.296 e. The first-order valence-electron chi connectivity index (χ1n) is 18.3. The molecule has 0 aliphatic heterocycles. The molecule has 0 amide bonds. The third kappa shape index (κ3) is 4.59. The van der Waals surface area contributed by atoms with Crippen LogP contribution in [0.3, 0.4) is 0 Å². The van der Waals surface area contributed by atoms with E-state index in [9.17, 15) is 0 Å². The van der Waals surface area contributed by atoms with Crippen molar-refractivity contribution >= 4 is 43.6 Å². The summed E-state index contributed by atoms with van der Waals surface area (Å²) in [6, 6.07) is 58.6. The number of benzene rings is 7. The monoisotopic (exact) mass is 676 g/mol. The van der Waals surface area contributed by atoms with E-state index >= 15 is 0 Å². The van der Waals surface area contributed by atoms with Gasteiger partial charge in [0, 0.05) is 34.0 Å². The number of rotatable bonds is 5. The molecule has 53 heavy (non-hydrogen) atoms. The molecule has 0 N–H and O–H groups in total. The first kappa shape index (κ1) is 29.8. The van der Waals surface area contributed by atoms with E-state index in [-0.39, 0.29) is 0 Å². The summed E-state index contributed by atoms with van der Waals surface area (Å²) in [5.74, 6) is 1.04. The Hall–Kier alpha value is -6.91. The SMILES string of the molecule is CCc1nc2ccccc2n1-c1cccc(-c2ccc3ccc4ccc(-c5ccc(-c6ccc7c8c(cccc68)-c6ccccc6-7)cc5)nc4c3n2)c1. The first-order valence-corrected chi connectivity index (χ1v) is 18.3. The molecule has 0 bridgehead atoms. The lowest BCUT2D eigenvalue weighted by Crippen LogP contribution is -2.00. The number of fused-ring (bicyclic) bond motifs is 7. The van der Waals surface area contributed by atoms with Gasteiger partial charge in [-0.3, -0.25) is 4.57 Å². The third-order valence-corrected chi connectivity index (χ3v) is 10.9. The second-order valence-electron chi connectivity index (χ2n) is 13.9. The Balaban J connectivity index is 0.972. The van der Waals surface area contributed by atoms with E-state index in [1.165, 1.54) is 44.2 Å². The Morgan fingerprint density at radius 3 is 1.81 bits per heavy atom. The van der Waals surface area contributed by atoms with Gasteiger partial charge in [0.1, 0.15) is 5.82 Å². The minimum Gasteiger partial charge on any atom is -0.296 e. The molecule has 1 aliphatic rings. The van der Waals surface area contributed by atoms with E-state index < -0.39 is 0 Å². The van der Waals surface area contributed by atoms with Gasteiger partial charge in [0.25, 0.3) is 0 Å². The van der Waals surface area contributed by atoms with Crippen molar-refractivity contribution in [2.45, 2.75) is 13.3 Å². The molecule has 0 atom stereocenters. The van der Waals surface area contributed by atoms with Crippen LogP contribution in [-0.4, -0.2) is 19.5 Å². The quantitative estimate of drug-likeness (QED) is 0.170. The van der Waals surface area contributed by atoms with Gasteiger partial charge in [-0.1, -0.05) is 134 Å². The molecule has 3 aromatic heterocycles. The van der Waals surface area contributed by atoms with Crippen molar-refractivity contribution < 1.29 is 0 Å². The van der Waals surface area contributed by atoms with Crippen molar-refractivity contribution in [1.82, 2.24) is 19.5 Å². The molecule has 7 aromatic carbocycles. The van der Waals surface area contributed by atoms with Gasteiger partial charge < -0.3 is 0 Å². The van der Waals surface area contributed by atoms with Gasteiger partial charge in [0.15, 0.2) is 0 Å². The number of hydrogen-bond acceptors (Lipinski definition) is 3. The highest BCUT2D eigenvalue weighted by molar-refractivity contribution is 6.18. The van der Waals surface area contributed by atoms with Crippen LogP contribution in [0.5, 0.6) is 0 Å². The number of imidazole rings is 1. The summed E-state index contributed by atoms with van der Waals surface area (Å²) in [5.41, 5.74) is 16.7. The fourth-order valence-corrected chi connectivity index (χ4v) is 8.38. The second kappa shape index (κ2) is 11.6. The smallest absolute Gasteiger partial charge is 0.114 e. The van der Waals surface area contributed by atoms with Crippen molar-refractivity contribution in [2.24, 2.45) is 0 Å². The molecule has 4 heteroatoms. The van der Waals surface area contributed by atoms with Crippen molar-refractivity contribution in [3.05, 3.63) is 170 Å². The first-order chi connectivity index (χ1) is 26.2. The molecular formula is C49H32N4. The molecule has 4 nitrogen and oxygen atoms in total. The molecule has 0 saturated carbocycles. The lowest BCUT2D eigenvalue weighted by atomic mass is 9.93. The molecule has 0 radical (unpaired) electrons. The van der Waals surface area contributed by atoms with Crippen LogP contribution in [0, 0.1) is 0 Å². The summed E-state index contributed by atoms with van der Waals surface area (Å²) in [7, 11) is 0. The van der Waals surface area contributed by atoms with Crippen LogP contribution in [0.25, 0.3) is 105 Å². The summed E-state index contributed by atoms with van der Waals surface area (Å²) < 4.78 is 2.26. The summed E-state index contributed by atoms with van der Waals surface area (Å²) in [6.45, 7) is 2.15. The number of hydrogen-bond donors (Lipinski definition) is 0. The summed E-state index contributed by atoms with van der Waals surface area (Å²) in [6.07, 6.45) is 0.843. The minimum atomic E-state index is 0.843. The number of pyridine rings is 2. The van der Waals surface area contributed by atoms with Crippen LogP contribution in [0.2, 0.25) is 0 Å². The molecule has 3 heterocycles. The number of nitrogens with zero attached hydrogens (tertiary/aromatic N) is 4.